The van der Waals surface area contributed by atoms with E-state index in [-0.39, 0.29) is 120 Å². The molecule has 13 heterocycles. The van der Waals surface area contributed by atoms with Crippen molar-refractivity contribution in [1.82, 2.24) is 78.9 Å². The Kier molecular flexibility index (Phi) is 31.8. The van der Waals surface area contributed by atoms with Gasteiger partial charge in [-0.15, -0.1) is 0 Å². The van der Waals surface area contributed by atoms with Gasteiger partial charge in [0.1, 0.15) is 112 Å². The van der Waals surface area contributed by atoms with Crippen LogP contribution in [-0.2, 0) is 88.0 Å². The third kappa shape index (κ3) is 24.2. The molecule has 3 aromatic carbocycles. The molecular weight excluding hydrogens is 1990 g/mol. The Labute approximate surface area is 865 Å². The number of halogens is 7. The predicted molar refractivity (Wildman–Crippen MR) is 549 cm³/mol. The molecule has 8 aromatic heterocycles. The van der Waals surface area contributed by atoms with Crippen LogP contribution in [0.2, 0.25) is 0 Å². The van der Waals surface area contributed by atoms with E-state index < -0.39 is 76.3 Å². The first-order valence-corrected chi connectivity index (χ1v) is 52.2. The minimum absolute atomic E-state index is 0.0319. The number of nitrogens with zero attached hydrogens (tertiary/aromatic N) is 16. The van der Waals surface area contributed by atoms with Gasteiger partial charge < -0.3 is 41.3 Å². The summed E-state index contributed by atoms with van der Waals surface area (Å²) in [5, 5.41) is 30.3. The number of ketones is 5. The number of anilines is 5. The summed E-state index contributed by atoms with van der Waals surface area (Å²) in [4.78, 5) is 195. The third-order valence-electron chi connectivity index (χ3n) is 30.3. The van der Waals surface area contributed by atoms with Gasteiger partial charge in [-0.05, 0) is 258 Å². The van der Waals surface area contributed by atoms with E-state index in [9.17, 15) is 83.9 Å². The first kappa shape index (κ1) is 106. The standard InChI is InChI=1S/C37H39F3N8O4.C37H41F3N6O5.C35H42BrN7O3/c1-20-8-9-29(37(38,39)40)44-34(20)45-35(52)28-15-36-11-10-25(50)7-5-4-6-12-41-27-14-23(24-17-42-22(3)43-18-24)13-26-32(21(2)49)46-47(33(26)27)19-31(51)48(28)30(36)16-36;1-20-9-12-28(37(38,39)40)42-33(20)43-35(51)27-17-36-14-13-25(48)8-6-4-3-5-7-23-15-24(41-34(50)22-10-11-22)16-26-31(21(2)47)44-45(32(23)26)19-30(49)46(27)29(36)18-36;1-22-15-16-30(36)39-34(22)40-35(46)29-14-12-10-8-6-5-7-9-11-13-25-17-26(27-19-37-24(3)38-20-27)18-28-32(23(2)44)41-43(33(25)28)21-31(45)42(29)4/h8-9,13-14,17-18,28,30,41H,4-7,10-12,15-16,19H2,1-3H3,(H,44,45,52);9,12,15-16,22,27,29H,3-8,10-11,13-14,17-19H2,1-2H3,(H,41,50)(H,42,43,51);15-20,29H,5-14,21H2,1-4H3,(H,39,40,46)/t28-,30+,36-;27-,29+,36-;29-/m000/s1. The molecule has 5 N–H and O–H groups in total. The van der Waals surface area contributed by atoms with E-state index in [0.29, 0.717) is 148 Å². The van der Waals surface area contributed by atoms with Crippen LogP contribution in [0.5, 0.6) is 0 Å². The van der Waals surface area contributed by atoms with Crippen LogP contribution in [0.25, 0.3) is 55.0 Å². The maximum atomic E-state index is 14.4. The van der Waals surface area contributed by atoms with Gasteiger partial charge in [0.2, 0.25) is 41.4 Å². The fourth-order valence-electron chi connectivity index (χ4n) is 21.8. The summed E-state index contributed by atoms with van der Waals surface area (Å²) in [7, 11) is 1.68. The molecule has 33 nitrogen and oxygen atoms in total. The van der Waals surface area contributed by atoms with Crippen molar-refractivity contribution in [2.24, 2.45) is 16.7 Å². The predicted octanol–water partition coefficient (Wildman–Crippen LogP) is 19.2. The Morgan fingerprint density at radius 3 is 1.27 bits per heavy atom. The molecule has 5 fully saturated rings. The Morgan fingerprint density at radius 2 is 0.805 bits per heavy atom. The molecule has 3 saturated carbocycles. The van der Waals surface area contributed by atoms with Crippen molar-refractivity contribution >= 4 is 148 Å². The molecule has 11 aromatic rings. The highest BCUT2D eigenvalue weighted by atomic mass is 79.9. The minimum Gasteiger partial charge on any atom is -0.383 e. The summed E-state index contributed by atoms with van der Waals surface area (Å²) >= 11 is 3.39. The number of nitrogens with one attached hydrogen (secondary N) is 5. The highest BCUT2D eigenvalue weighted by molar-refractivity contribution is 9.10. The monoisotopic (exact) mass is 2110 g/mol. The van der Waals surface area contributed by atoms with Crippen LogP contribution in [0.1, 0.15) is 283 Å². The Morgan fingerprint density at radius 1 is 0.409 bits per heavy atom. The summed E-state index contributed by atoms with van der Waals surface area (Å²) in [6.45, 7) is 12.8. The molecule has 7 atom stereocenters. The lowest BCUT2D eigenvalue weighted by atomic mass is 9.91. The van der Waals surface area contributed by atoms with Crippen LogP contribution in [0, 0.1) is 51.4 Å². The summed E-state index contributed by atoms with van der Waals surface area (Å²) in [6, 6.07) is 15.9. The van der Waals surface area contributed by atoms with E-state index in [1.165, 1.54) is 77.2 Å². The van der Waals surface area contributed by atoms with Gasteiger partial charge in [0, 0.05) is 136 Å². The largest absolute Gasteiger partial charge is 0.433 e. The fraction of sp³-hybridized carbons (Fsp3) is 0.486. The summed E-state index contributed by atoms with van der Waals surface area (Å²) < 4.78 is 86.2. The molecular formula is C109H122BrF6N21O12. The van der Waals surface area contributed by atoms with Crippen molar-refractivity contribution < 1.29 is 83.9 Å². The number of Topliss-reactive ketones (excluding diaryl/α,β-unsaturated/α-hetero) is 5. The van der Waals surface area contributed by atoms with Crippen LogP contribution in [0.4, 0.5) is 55.2 Å². The minimum atomic E-state index is -4.71. The Hall–Kier alpha value is -13.8. The zero-order valence-electron chi connectivity index (χ0n) is 84.9. The van der Waals surface area contributed by atoms with Gasteiger partial charge in [-0.1, -0.05) is 82.4 Å². The molecule has 5 aliphatic heterocycles. The number of aryl methyl sites for hydroxylation is 7. The maximum absolute atomic E-state index is 14.4. The zero-order chi connectivity index (χ0) is 106. The number of pyridine rings is 3. The molecule has 19 rings (SSSR count). The van der Waals surface area contributed by atoms with Crippen molar-refractivity contribution in [2.45, 2.75) is 310 Å². The summed E-state index contributed by atoms with van der Waals surface area (Å²) in [5.74, 6) is -2.06. The first-order valence-electron chi connectivity index (χ1n) is 51.4. The van der Waals surface area contributed by atoms with Crippen LogP contribution < -0.4 is 26.6 Å². The second-order valence-corrected chi connectivity index (χ2v) is 42.1. The number of likely N-dealkylation sites (N-methyl/N-ethyl adjacent to an activating group) is 1. The lowest BCUT2D eigenvalue weighted by Gasteiger charge is -2.28. The van der Waals surface area contributed by atoms with Gasteiger partial charge in [0.05, 0.1) is 22.2 Å². The number of alkyl halides is 6. The maximum Gasteiger partial charge on any atom is 0.433 e. The van der Waals surface area contributed by atoms with Crippen molar-refractivity contribution in [2.75, 3.05) is 40.2 Å². The van der Waals surface area contributed by atoms with Gasteiger partial charge in [-0.25, -0.2) is 34.9 Å². The highest BCUT2D eigenvalue weighted by Crippen LogP contribution is 2.64. The van der Waals surface area contributed by atoms with Gasteiger partial charge in [0.25, 0.3) is 0 Å². The zero-order valence-corrected chi connectivity index (χ0v) is 86.5. The van der Waals surface area contributed by atoms with Crippen LogP contribution in [0.15, 0.2) is 102 Å². The molecule has 4 bridgehead atoms. The van der Waals surface area contributed by atoms with Gasteiger partial charge in [0.15, 0.2) is 17.3 Å². The Balaban J connectivity index is 0.000000153. The normalized spacial score (nSPS) is 21.4. The fourth-order valence-corrected chi connectivity index (χ4v) is 22.1. The van der Waals surface area contributed by atoms with Crippen molar-refractivity contribution in [3.05, 3.63) is 170 Å². The average molecular weight is 2110 g/mol. The SMILES string of the molecule is CC(=O)c1nn2c3c(cc(-c4cnc(C)nc4)cc13)CCCCCCCCCC[C@@H](C(=O)Nc1nc(Br)ccc1C)N(C)C(=O)C2.CC(=O)c1nn2c3c(cc(-c4cnc(C)nc4)cc13)NCCCCCC(=O)CC[C@@]13C[C@@H](C(=O)Nc4nc(C(F)(F)F)ccc4C)N(C(=O)C2)[C@@H]1C3.CC(=O)c1nn2c3c(cc(NC(=O)C4CC4)cc13)CCCCCCC(=O)CC[C@@]13C[C@@H](C(=O)Nc4nc(C(F)(F)F)ccc4C)N(C(=O)C2)[C@@H]1C3. The molecule has 40 heteroatoms. The number of hydrogen-bond acceptors (Lipinski definition) is 23. The molecule has 149 heavy (non-hydrogen) atoms. The number of piperidine rings is 2. The number of carbonyl (C=O) groups is 12. The van der Waals surface area contributed by atoms with E-state index >= 15 is 0 Å². The number of benzene rings is 3. The lowest BCUT2D eigenvalue weighted by Crippen LogP contribution is -2.47. The van der Waals surface area contributed by atoms with Crippen LogP contribution in [0.3, 0.4) is 0 Å². The number of amides is 7. The van der Waals surface area contributed by atoms with E-state index in [1.54, 1.807) is 49.5 Å². The molecule has 0 spiro atoms. The molecule has 2 saturated heterocycles. The molecule has 8 aliphatic rings. The summed E-state index contributed by atoms with van der Waals surface area (Å²) in [5.41, 5.74) is 7.14. The molecule has 0 unspecified atom stereocenters. The number of rotatable bonds is 13. The second-order valence-electron chi connectivity index (χ2n) is 41.3. The topological polar surface area (TPSA) is 418 Å². The molecule has 3 aliphatic carbocycles. The first-order chi connectivity index (χ1) is 71.1. The number of carbonyl (C=O) groups excluding carboxylic acids is 12. The van der Waals surface area contributed by atoms with E-state index in [1.807, 2.05) is 50.2 Å². The van der Waals surface area contributed by atoms with E-state index in [0.717, 1.165) is 166 Å². The van der Waals surface area contributed by atoms with Gasteiger partial charge >= 0.3 is 12.4 Å². The van der Waals surface area contributed by atoms with Crippen LogP contribution in [-0.4, -0.2) is 193 Å². The smallest absolute Gasteiger partial charge is 0.383 e. The van der Waals surface area contributed by atoms with E-state index in [2.05, 4.69) is 93.7 Å². The highest BCUT2D eigenvalue weighted by Gasteiger charge is 2.68. The van der Waals surface area contributed by atoms with Gasteiger partial charge in [-0.2, -0.15) is 41.6 Å². The quantitative estimate of drug-likeness (QED) is 0.0406. The number of hydrogen-bond donors (Lipinski definition) is 5. The average Bonchev–Trinajstić information content (AvgIpc) is 1.53. The summed E-state index contributed by atoms with van der Waals surface area (Å²) in [6.07, 6.45) is 19.4. The van der Waals surface area contributed by atoms with Gasteiger partial charge in [-0.3, -0.25) is 71.6 Å². The van der Waals surface area contributed by atoms with Crippen molar-refractivity contribution in [3.8, 4) is 22.3 Å². The lowest BCUT2D eigenvalue weighted by molar-refractivity contribution is -0.141. The third-order valence-corrected chi connectivity index (χ3v) is 30.8. The van der Waals surface area contributed by atoms with Crippen molar-refractivity contribution in [1.29, 1.82) is 0 Å². The molecule has 784 valence electrons. The van der Waals surface area contributed by atoms with Crippen LogP contribution >= 0.6 is 15.9 Å². The molecule has 0 radical (unpaired) electrons. The molecule has 7 amide bonds. The second kappa shape index (κ2) is 44.5. The van der Waals surface area contributed by atoms with E-state index in [4.69, 9.17) is 5.10 Å². The Bertz CT molecular complexity index is 7100. The van der Waals surface area contributed by atoms with Crippen molar-refractivity contribution in [3.63, 3.8) is 0 Å². The number of aromatic nitrogens is 13.